The second-order valence-corrected chi connectivity index (χ2v) is 4.96. The fourth-order valence-corrected chi connectivity index (χ4v) is 2.75. The lowest BCUT2D eigenvalue weighted by atomic mass is 10.2. The molecule has 1 heterocycles. The van der Waals surface area contributed by atoms with E-state index in [-0.39, 0.29) is 5.91 Å². The molecular weight excluding hydrogens is 232 g/mol. The maximum atomic E-state index is 11.9. The van der Waals surface area contributed by atoms with Crippen LogP contribution in [0.3, 0.4) is 0 Å². The quantitative estimate of drug-likeness (QED) is 0.824. The molecule has 0 spiro atoms. The third-order valence-corrected chi connectivity index (χ3v) is 3.57. The topological polar surface area (TPSA) is 32.7 Å². The van der Waals surface area contributed by atoms with Gasteiger partial charge in [0.25, 0.3) is 5.91 Å². The summed E-state index contributed by atoms with van der Waals surface area (Å²) in [6, 6.07) is 9.22. The van der Waals surface area contributed by atoms with Crippen molar-refractivity contribution in [3.63, 3.8) is 0 Å². The summed E-state index contributed by atoms with van der Waals surface area (Å²) in [5.74, 6) is 0.886. The highest BCUT2D eigenvalue weighted by atomic mass is 32.2. The smallest absolute Gasteiger partial charge is 0.279 e. The van der Waals surface area contributed by atoms with Crippen molar-refractivity contribution < 1.29 is 4.79 Å². The zero-order valence-corrected chi connectivity index (χ0v) is 10.7. The van der Waals surface area contributed by atoms with Crippen LogP contribution in [0.1, 0.15) is 23.7 Å². The van der Waals surface area contributed by atoms with E-state index in [0.717, 1.165) is 30.4 Å². The van der Waals surface area contributed by atoms with Crippen molar-refractivity contribution in [1.29, 1.82) is 0 Å². The van der Waals surface area contributed by atoms with Gasteiger partial charge in [-0.15, -0.1) is 0 Å². The Bertz CT molecular complexity index is 417. The van der Waals surface area contributed by atoms with Gasteiger partial charge in [-0.25, -0.2) is 0 Å². The van der Waals surface area contributed by atoms with E-state index < -0.39 is 0 Å². The van der Waals surface area contributed by atoms with Crippen molar-refractivity contribution in [2.45, 2.75) is 13.3 Å². The highest BCUT2D eigenvalue weighted by molar-refractivity contribution is 8.14. The molecule has 4 heteroatoms. The lowest BCUT2D eigenvalue weighted by Crippen LogP contribution is -2.25. The van der Waals surface area contributed by atoms with Crippen LogP contribution in [0.25, 0.3) is 0 Å². The monoisotopic (exact) mass is 248 g/mol. The Labute approximate surface area is 106 Å². The number of aliphatic imine (C=N–C) groups is 1. The maximum absolute atomic E-state index is 11.9. The lowest BCUT2D eigenvalue weighted by molar-refractivity contribution is 0.100. The van der Waals surface area contributed by atoms with Gasteiger partial charge in [0.1, 0.15) is 0 Å². The first-order valence-electron chi connectivity index (χ1n) is 5.87. The molecule has 0 N–H and O–H groups in total. The van der Waals surface area contributed by atoms with Gasteiger partial charge in [-0.3, -0.25) is 4.79 Å². The van der Waals surface area contributed by atoms with Crippen LogP contribution in [0.15, 0.2) is 35.3 Å². The SMILES string of the molecule is CCCN1CCSC1=NC(=O)c1ccccc1. The zero-order valence-electron chi connectivity index (χ0n) is 9.93. The van der Waals surface area contributed by atoms with Crippen molar-refractivity contribution in [2.24, 2.45) is 4.99 Å². The summed E-state index contributed by atoms with van der Waals surface area (Å²) in [5, 5.41) is 0.876. The Hall–Kier alpha value is -1.29. The average molecular weight is 248 g/mol. The normalized spacial score (nSPS) is 17.7. The van der Waals surface area contributed by atoms with E-state index in [0.29, 0.717) is 5.56 Å². The van der Waals surface area contributed by atoms with Crippen molar-refractivity contribution in [1.82, 2.24) is 4.90 Å². The number of thioether (sulfide) groups is 1. The Balaban J connectivity index is 2.11. The van der Waals surface area contributed by atoms with Gasteiger partial charge in [-0.2, -0.15) is 4.99 Å². The molecule has 1 aromatic carbocycles. The fraction of sp³-hybridized carbons (Fsp3) is 0.385. The van der Waals surface area contributed by atoms with Crippen LogP contribution in [-0.4, -0.2) is 34.8 Å². The molecule has 0 bridgehead atoms. The number of hydrogen-bond acceptors (Lipinski definition) is 2. The first-order chi connectivity index (χ1) is 8.31. The van der Waals surface area contributed by atoms with E-state index in [1.54, 1.807) is 23.9 Å². The number of benzene rings is 1. The van der Waals surface area contributed by atoms with Gasteiger partial charge in [-0.1, -0.05) is 36.9 Å². The van der Waals surface area contributed by atoms with Gasteiger partial charge in [-0.05, 0) is 18.6 Å². The molecule has 1 aromatic rings. The predicted molar refractivity (Wildman–Crippen MR) is 72.5 cm³/mol. The fourth-order valence-electron chi connectivity index (χ4n) is 1.75. The van der Waals surface area contributed by atoms with Gasteiger partial charge >= 0.3 is 0 Å². The van der Waals surface area contributed by atoms with Gasteiger partial charge in [0.2, 0.25) is 0 Å². The number of amides is 1. The van der Waals surface area contributed by atoms with Crippen LogP contribution in [0, 0.1) is 0 Å². The van der Waals surface area contributed by atoms with Crippen molar-refractivity contribution in [3.8, 4) is 0 Å². The summed E-state index contributed by atoms with van der Waals surface area (Å²) in [5.41, 5.74) is 0.656. The van der Waals surface area contributed by atoms with Crippen LogP contribution >= 0.6 is 11.8 Å². The molecule has 17 heavy (non-hydrogen) atoms. The van der Waals surface area contributed by atoms with Crippen LogP contribution in [0.4, 0.5) is 0 Å². The first kappa shape index (κ1) is 12.2. The van der Waals surface area contributed by atoms with Crippen LogP contribution < -0.4 is 0 Å². The summed E-state index contributed by atoms with van der Waals surface area (Å²) in [4.78, 5) is 18.3. The summed E-state index contributed by atoms with van der Waals surface area (Å²) in [7, 11) is 0. The van der Waals surface area contributed by atoms with Crippen LogP contribution in [-0.2, 0) is 0 Å². The summed E-state index contributed by atoms with van der Waals surface area (Å²) in [6.07, 6.45) is 1.08. The van der Waals surface area contributed by atoms with Crippen LogP contribution in [0.5, 0.6) is 0 Å². The molecule has 1 aliphatic heterocycles. The maximum Gasteiger partial charge on any atom is 0.279 e. The second-order valence-electron chi connectivity index (χ2n) is 3.90. The number of nitrogens with zero attached hydrogens (tertiary/aromatic N) is 2. The highest BCUT2D eigenvalue weighted by Crippen LogP contribution is 2.18. The summed E-state index contributed by atoms with van der Waals surface area (Å²) in [6.45, 7) is 4.12. The molecule has 0 atom stereocenters. The van der Waals surface area contributed by atoms with E-state index in [1.165, 1.54) is 0 Å². The molecule has 0 aromatic heterocycles. The van der Waals surface area contributed by atoms with E-state index >= 15 is 0 Å². The van der Waals surface area contributed by atoms with Crippen molar-refractivity contribution in [2.75, 3.05) is 18.8 Å². The molecular formula is C13H16N2OS. The first-order valence-corrected chi connectivity index (χ1v) is 6.85. The number of rotatable bonds is 3. The van der Waals surface area contributed by atoms with E-state index in [2.05, 4.69) is 16.8 Å². The predicted octanol–water partition coefficient (Wildman–Crippen LogP) is 2.64. The van der Waals surface area contributed by atoms with E-state index in [1.807, 2.05) is 18.2 Å². The third-order valence-electron chi connectivity index (χ3n) is 2.57. The minimum absolute atomic E-state index is 0.142. The molecule has 0 saturated carbocycles. The Morgan fingerprint density at radius 2 is 2.18 bits per heavy atom. The third kappa shape index (κ3) is 3.09. The average Bonchev–Trinajstić information content (AvgIpc) is 2.78. The van der Waals surface area contributed by atoms with Gasteiger partial charge in [0.15, 0.2) is 5.17 Å². The Morgan fingerprint density at radius 3 is 2.88 bits per heavy atom. The standard InChI is InChI=1S/C13H16N2OS/c1-2-8-15-9-10-17-13(15)14-12(16)11-6-4-3-5-7-11/h3-7H,2,8-10H2,1H3. The summed E-state index contributed by atoms with van der Waals surface area (Å²) >= 11 is 1.67. The van der Waals surface area contributed by atoms with Crippen molar-refractivity contribution >= 4 is 22.8 Å². The largest absolute Gasteiger partial charge is 0.350 e. The molecule has 3 nitrogen and oxygen atoms in total. The highest BCUT2D eigenvalue weighted by Gasteiger charge is 2.19. The molecule has 1 saturated heterocycles. The molecule has 1 aliphatic rings. The zero-order chi connectivity index (χ0) is 12.1. The van der Waals surface area contributed by atoms with Crippen LogP contribution in [0.2, 0.25) is 0 Å². The molecule has 2 rings (SSSR count). The Kier molecular flexibility index (Phi) is 4.20. The number of carbonyl (C=O) groups is 1. The van der Waals surface area contributed by atoms with E-state index in [9.17, 15) is 4.79 Å². The minimum Gasteiger partial charge on any atom is -0.350 e. The molecule has 0 unspecified atom stereocenters. The number of hydrogen-bond donors (Lipinski definition) is 0. The van der Waals surface area contributed by atoms with Gasteiger partial charge in [0, 0.05) is 24.4 Å². The summed E-state index contributed by atoms with van der Waals surface area (Å²) < 4.78 is 0. The van der Waals surface area contributed by atoms with E-state index in [4.69, 9.17) is 0 Å². The lowest BCUT2D eigenvalue weighted by Gasteiger charge is -2.15. The number of carbonyl (C=O) groups excluding carboxylic acids is 1. The Morgan fingerprint density at radius 1 is 1.41 bits per heavy atom. The molecule has 1 fully saturated rings. The molecule has 90 valence electrons. The molecule has 0 aliphatic carbocycles. The number of amidine groups is 1. The van der Waals surface area contributed by atoms with Crippen molar-refractivity contribution in [3.05, 3.63) is 35.9 Å². The molecule has 0 radical (unpaired) electrons. The van der Waals surface area contributed by atoms with Gasteiger partial charge in [0.05, 0.1) is 0 Å². The minimum atomic E-state index is -0.142. The van der Waals surface area contributed by atoms with Gasteiger partial charge < -0.3 is 4.90 Å². The second kappa shape index (κ2) is 5.87. The molecule has 1 amide bonds.